The van der Waals surface area contributed by atoms with Crippen molar-refractivity contribution in [2.45, 2.75) is 25.7 Å². The van der Waals surface area contributed by atoms with Gasteiger partial charge in [0.2, 0.25) is 0 Å². The Balaban J connectivity index is 1.87. The van der Waals surface area contributed by atoms with Crippen LogP contribution in [0.25, 0.3) is 0 Å². The van der Waals surface area contributed by atoms with Crippen molar-refractivity contribution in [3.05, 3.63) is 0 Å². The summed E-state index contributed by atoms with van der Waals surface area (Å²) in [7, 11) is 0. The Kier molecular flexibility index (Phi) is 0.570. The van der Waals surface area contributed by atoms with Crippen molar-refractivity contribution in [3.63, 3.8) is 0 Å². The van der Waals surface area contributed by atoms with Gasteiger partial charge < -0.3 is 0 Å². The highest BCUT2D eigenvalue weighted by molar-refractivity contribution is 5.18. The molecule has 0 amide bonds. The smallest absolute Gasteiger partial charge is 0.0318 e. The first-order chi connectivity index (χ1) is 4.97. The van der Waals surface area contributed by atoms with Gasteiger partial charge in [0.05, 0.1) is 0 Å². The van der Waals surface area contributed by atoms with E-state index in [1.54, 1.807) is 25.7 Å². The molecule has 0 aromatic rings. The molecular formula is C10H14. The molecule has 54 valence electrons. The summed E-state index contributed by atoms with van der Waals surface area (Å²) >= 11 is 0. The lowest BCUT2D eigenvalue weighted by Gasteiger charge is -2.59. The number of fused-ring (bicyclic) bond motifs is 2. The summed E-state index contributed by atoms with van der Waals surface area (Å²) in [6, 6.07) is 0. The zero-order valence-electron chi connectivity index (χ0n) is 6.29. The normalized spacial score (nSPS) is 74.4. The third kappa shape index (κ3) is 0.271. The average Bonchev–Trinajstić information content (AvgIpc) is 2.10. The molecule has 0 heterocycles. The van der Waals surface area contributed by atoms with Crippen LogP contribution in [-0.4, -0.2) is 0 Å². The summed E-state index contributed by atoms with van der Waals surface area (Å²) in [6.45, 7) is 0. The quantitative estimate of drug-likeness (QED) is 0.477. The summed E-state index contributed by atoms with van der Waals surface area (Å²) < 4.78 is 0. The molecule has 4 fully saturated rings. The lowest BCUT2D eigenvalue weighted by Crippen LogP contribution is -2.55. The molecule has 0 bridgehead atoms. The van der Waals surface area contributed by atoms with E-state index < -0.39 is 0 Å². The van der Waals surface area contributed by atoms with Crippen LogP contribution in [0.2, 0.25) is 0 Å². The molecule has 0 N–H and O–H groups in total. The first-order valence-electron chi connectivity index (χ1n) is 4.97. The van der Waals surface area contributed by atoms with Gasteiger partial charge >= 0.3 is 0 Å². The molecule has 6 atom stereocenters. The van der Waals surface area contributed by atoms with E-state index in [1.165, 1.54) is 35.5 Å². The molecule has 0 radical (unpaired) electrons. The van der Waals surface area contributed by atoms with E-state index in [0.717, 1.165) is 0 Å². The second-order valence-corrected chi connectivity index (χ2v) is 4.96. The lowest BCUT2D eigenvalue weighted by atomic mass is 9.45. The van der Waals surface area contributed by atoms with Crippen molar-refractivity contribution >= 4 is 0 Å². The van der Waals surface area contributed by atoms with Crippen LogP contribution in [0.15, 0.2) is 0 Å². The maximum absolute atomic E-state index is 1.62. The topological polar surface area (TPSA) is 0 Å². The first kappa shape index (κ1) is 4.79. The second kappa shape index (κ2) is 1.19. The fourth-order valence-electron chi connectivity index (χ4n) is 5.02. The molecule has 4 aliphatic carbocycles. The van der Waals surface area contributed by atoms with Crippen molar-refractivity contribution in [1.82, 2.24) is 0 Å². The fraction of sp³-hybridized carbons (Fsp3) is 1.00. The van der Waals surface area contributed by atoms with Crippen LogP contribution in [0.1, 0.15) is 25.7 Å². The highest BCUT2D eigenvalue weighted by atomic mass is 14.7. The van der Waals surface area contributed by atoms with Crippen LogP contribution in [-0.2, 0) is 0 Å². The van der Waals surface area contributed by atoms with Crippen LogP contribution in [0.5, 0.6) is 0 Å². The molecule has 10 heavy (non-hydrogen) atoms. The molecule has 0 heteroatoms. The Morgan fingerprint density at radius 1 is 0.500 bits per heavy atom. The van der Waals surface area contributed by atoms with E-state index in [2.05, 4.69) is 0 Å². The van der Waals surface area contributed by atoms with E-state index in [0.29, 0.717) is 0 Å². The number of rotatable bonds is 0. The second-order valence-electron chi connectivity index (χ2n) is 4.96. The fourth-order valence-corrected chi connectivity index (χ4v) is 5.02. The van der Waals surface area contributed by atoms with Crippen molar-refractivity contribution in [2.24, 2.45) is 35.5 Å². The Bertz CT molecular complexity index is 131. The van der Waals surface area contributed by atoms with E-state index in [9.17, 15) is 0 Å². The van der Waals surface area contributed by atoms with Gasteiger partial charge in [0.15, 0.2) is 0 Å². The predicted octanol–water partition coefficient (Wildman–Crippen LogP) is 2.30. The SMILES string of the molecule is C1C[C@H]2C3C4[C@H]2CC[C@@H]4[C@H]13. The maximum atomic E-state index is 1.62. The average molecular weight is 134 g/mol. The first-order valence-corrected chi connectivity index (χ1v) is 4.97. The standard InChI is InChI=1S/C10H14/c1-2-6-8-4-3-7-5(1)9(6)10(7)8/h5-10H,1-4H2/t5-,6+,7+,8-,9?,10?. The maximum Gasteiger partial charge on any atom is -0.0318 e. The van der Waals surface area contributed by atoms with E-state index in [4.69, 9.17) is 0 Å². The van der Waals surface area contributed by atoms with Crippen molar-refractivity contribution < 1.29 is 0 Å². The molecular weight excluding hydrogens is 120 g/mol. The van der Waals surface area contributed by atoms with Crippen LogP contribution < -0.4 is 0 Å². The summed E-state index contributed by atoms with van der Waals surface area (Å²) in [6.07, 6.45) is 6.47. The summed E-state index contributed by atoms with van der Waals surface area (Å²) in [4.78, 5) is 0. The minimum Gasteiger partial charge on any atom is -0.0496 e. The van der Waals surface area contributed by atoms with Gasteiger partial charge in [0.25, 0.3) is 0 Å². The molecule has 0 aromatic carbocycles. The predicted molar refractivity (Wildman–Crippen MR) is 39.4 cm³/mol. The molecule has 0 nitrogen and oxygen atoms in total. The van der Waals surface area contributed by atoms with E-state index in [1.807, 2.05) is 0 Å². The summed E-state index contributed by atoms with van der Waals surface area (Å²) in [5.74, 6) is 7.53. The van der Waals surface area contributed by atoms with Crippen LogP contribution in [0, 0.1) is 35.5 Å². The summed E-state index contributed by atoms with van der Waals surface area (Å²) in [5, 5.41) is 0. The highest BCUT2D eigenvalue weighted by Crippen LogP contribution is 2.76. The van der Waals surface area contributed by atoms with Crippen LogP contribution in [0.3, 0.4) is 0 Å². The zero-order valence-corrected chi connectivity index (χ0v) is 6.29. The Morgan fingerprint density at radius 3 is 1.10 bits per heavy atom. The Hall–Kier alpha value is 0. The molecule has 0 spiro atoms. The van der Waals surface area contributed by atoms with Gasteiger partial charge in [-0.2, -0.15) is 0 Å². The van der Waals surface area contributed by atoms with Crippen molar-refractivity contribution in [3.8, 4) is 0 Å². The molecule has 4 saturated carbocycles. The van der Waals surface area contributed by atoms with Gasteiger partial charge in [-0.05, 0) is 61.2 Å². The number of hydrogen-bond acceptors (Lipinski definition) is 0. The molecule has 0 aliphatic heterocycles. The van der Waals surface area contributed by atoms with Gasteiger partial charge in [-0.15, -0.1) is 0 Å². The van der Waals surface area contributed by atoms with Crippen LogP contribution in [0.4, 0.5) is 0 Å². The largest absolute Gasteiger partial charge is 0.0496 e. The minimum atomic E-state index is 1.24. The zero-order chi connectivity index (χ0) is 6.29. The van der Waals surface area contributed by atoms with Crippen LogP contribution >= 0.6 is 0 Å². The third-order valence-electron chi connectivity index (χ3n) is 5.19. The van der Waals surface area contributed by atoms with Gasteiger partial charge in [0, 0.05) is 0 Å². The molecule has 4 aliphatic rings. The van der Waals surface area contributed by atoms with E-state index in [-0.39, 0.29) is 0 Å². The Morgan fingerprint density at radius 2 is 0.800 bits per heavy atom. The van der Waals surface area contributed by atoms with Crippen molar-refractivity contribution in [1.29, 1.82) is 0 Å². The summed E-state index contributed by atoms with van der Waals surface area (Å²) in [5.41, 5.74) is 0. The highest BCUT2D eigenvalue weighted by Gasteiger charge is 2.70. The van der Waals surface area contributed by atoms with Gasteiger partial charge in [-0.3, -0.25) is 0 Å². The van der Waals surface area contributed by atoms with Gasteiger partial charge in [0.1, 0.15) is 0 Å². The third-order valence-corrected chi connectivity index (χ3v) is 5.19. The monoisotopic (exact) mass is 134 g/mol. The van der Waals surface area contributed by atoms with E-state index >= 15 is 0 Å². The molecule has 4 rings (SSSR count). The molecule has 2 unspecified atom stereocenters. The van der Waals surface area contributed by atoms with Crippen molar-refractivity contribution in [2.75, 3.05) is 0 Å². The van der Waals surface area contributed by atoms with Gasteiger partial charge in [-0.25, -0.2) is 0 Å². The van der Waals surface area contributed by atoms with Gasteiger partial charge in [-0.1, -0.05) is 0 Å². The lowest BCUT2D eigenvalue weighted by molar-refractivity contribution is -0.124. The number of hydrogen-bond donors (Lipinski definition) is 0. The Labute approximate surface area is 62.0 Å². The molecule has 0 saturated heterocycles. The minimum absolute atomic E-state index is 1.24. The molecule has 0 aromatic heterocycles.